The zero-order valence-electron chi connectivity index (χ0n) is 10.5. The molecule has 1 aromatic carbocycles. The molecule has 0 saturated heterocycles. The summed E-state index contributed by atoms with van der Waals surface area (Å²) in [7, 11) is 0. The molecule has 0 bridgehead atoms. The summed E-state index contributed by atoms with van der Waals surface area (Å²) < 4.78 is 0.825. The normalized spacial score (nSPS) is 29.1. The summed E-state index contributed by atoms with van der Waals surface area (Å²) in [5.74, 6) is -1.19. The molecule has 102 valence electrons. The predicted octanol–water partition coefficient (Wildman–Crippen LogP) is 4.79. The van der Waals surface area contributed by atoms with Crippen molar-refractivity contribution in [1.29, 1.82) is 0 Å². The smallest absolute Gasteiger partial charge is 0.325 e. The van der Waals surface area contributed by atoms with Gasteiger partial charge >= 0.3 is 5.97 Å². The number of halogens is 3. The number of carboxylic acids is 1. The maximum absolute atomic E-state index is 11.3. The van der Waals surface area contributed by atoms with Crippen molar-refractivity contribution in [1.82, 2.24) is 0 Å². The van der Waals surface area contributed by atoms with Crippen molar-refractivity contribution in [2.24, 2.45) is 11.3 Å². The molecular weight excluding hydrogens is 351 g/mol. The molecule has 1 fully saturated rings. The fraction of sp³-hybridized carbons (Fsp3) is 0.357. The van der Waals surface area contributed by atoms with Gasteiger partial charge in [0, 0.05) is 20.8 Å². The number of carbonyl (C=O) groups is 1. The third-order valence-corrected chi connectivity index (χ3v) is 5.66. The van der Waals surface area contributed by atoms with E-state index in [4.69, 9.17) is 23.2 Å². The minimum atomic E-state index is -1.22. The maximum atomic E-state index is 11.3. The number of carboxylic acid groups (broad SMARTS) is 1. The molecule has 1 aromatic rings. The predicted molar refractivity (Wildman–Crippen MR) is 81.8 cm³/mol. The van der Waals surface area contributed by atoms with Crippen LogP contribution < -0.4 is 0 Å². The topological polar surface area (TPSA) is 37.3 Å². The average Bonchev–Trinajstić information content (AvgIpc) is 2.76. The molecule has 0 heterocycles. The fourth-order valence-corrected chi connectivity index (χ4v) is 3.39. The summed E-state index contributed by atoms with van der Waals surface area (Å²) in [6, 6.07) is 7.31. The van der Waals surface area contributed by atoms with Crippen LogP contribution in [0.1, 0.15) is 19.4 Å². The van der Waals surface area contributed by atoms with Gasteiger partial charge in [-0.15, -0.1) is 11.6 Å². The molecule has 1 N–H and O–H groups in total. The van der Waals surface area contributed by atoms with Crippen LogP contribution in [-0.4, -0.2) is 16.0 Å². The van der Waals surface area contributed by atoms with Gasteiger partial charge in [0.2, 0.25) is 0 Å². The van der Waals surface area contributed by atoms with Gasteiger partial charge in [-0.05, 0) is 17.7 Å². The molecule has 0 aliphatic heterocycles. The second kappa shape index (κ2) is 4.80. The van der Waals surface area contributed by atoms with E-state index in [0.717, 1.165) is 10.0 Å². The second-order valence-electron chi connectivity index (χ2n) is 5.24. The van der Waals surface area contributed by atoms with E-state index in [1.165, 1.54) is 0 Å². The Hall–Kier alpha value is -0.510. The van der Waals surface area contributed by atoms with Crippen molar-refractivity contribution >= 4 is 49.6 Å². The van der Waals surface area contributed by atoms with E-state index in [1.54, 1.807) is 12.1 Å². The molecule has 2 nitrogen and oxygen atoms in total. The van der Waals surface area contributed by atoms with Crippen LogP contribution in [0.5, 0.6) is 0 Å². The van der Waals surface area contributed by atoms with Crippen LogP contribution in [0, 0.1) is 11.3 Å². The fourth-order valence-electron chi connectivity index (χ4n) is 2.33. The summed E-state index contributed by atoms with van der Waals surface area (Å²) in [6.45, 7) is 3.72. The quantitative estimate of drug-likeness (QED) is 0.783. The number of rotatable bonds is 3. The van der Waals surface area contributed by atoms with Gasteiger partial charge in [-0.2, -0.15) is 0 Å². The summed E-state index contributed by atoms with van der Waals surface area (Å²) in [6.07, 6.45) is 1.87. The first-order chi connectivity index (χ1) is 8.71. The molecule has 5 heteroatoms. The molecular formula is C14H13BrCl2O2. The monoisotopic (exact) mass is 362 g/mol. The maximum Gasteiger partial charge on any atom is 0.325 e. The van der Waals surface area contributed by atoms with E-state index >= 15 is 0 Å². The van der Waals surface area contributed by atoms with E-state index in [2.05, 4.69) is 15.9 Å². The zero-order valence-corrected chi connectivity index (χ0v) is 13.6. The number of allylic oxidation sites excluding steroid dienone is 1. The number of hydrogen-bond acceptors (Lipinski definition) is 1. The molecule has 19 heavy (non-hydrogen) atoms. The Morgan fingerprint density at radius 1 is 1.37 bits per heavy atom. The lowest BCUT2D eigenvalue weighted by molar-refractivity contribution is -0.138. The molecule has 1 saturated carbocycles. The lowest BCUT2D eigenvalue weighted by Gasteiger charge is -2.03. The Kier molecular flexibility index (Phi) is 3.76. The summed E-state index contributed by atoms with van der Waals surface area (Å²) in [5.41, 5.74) is 0.475. The van der Waals surface area contributed by atoms with Crippen LogP contribution in [0.3, 0.4) is 0 Å². The molecule has 1 aliphatic carbocycles. The SMILES string of the molecule is CC1(C)C(C=C(Br)c2ccc(Cl)cc2)C1(Cl)C(=O)O. The van der Waals surface area contributed by atoms with Gasteiger partial charge in [0.1, 0.15) is 0 Å². The van der Waals surface area contributed by atoms with E-state index in [1.807, 2.05) is 32.1 Å². The van der Waals surface area contributed by atoms with Crippen LogP contribution in [0.25, 0.3) is 4.48 Å². The molecule has 0 spiro atoms. The Bertz CT molecular complexity index is 551. The molecule has 0 aromatic heterocycles. The van der Waals surface area contributed by atoms with Crippen molar-refractivity contribution in [3.63, 3.8) is 0 Å². The van der Waals surface area contributed by atoms with Gasteiger partial charge in [-0.25, -0.2) is 0 Å². The summed E-state index contributed by atoms with van der Waals surface area (Å²) >= 11 is 15.5. The Balaban J connectivity index is 2.28. The Morgan fingerprint density at radius 3 is 2.32 bits per heavy atom. The van der Waals surface area contributed by atoms with Gasteiger partial charge in [0.05, 0.1) is 0 Å². The van der Waals surface area contributed by atoms with Crippen molar-refractivity contribution in [3.8, 4) is 0 Å². The highest BCUT2D eigenvalue weighted by Gasteiger charge is 2.74. The largest absolute Gasteiger partial charge is 0.480 e. The highest BCUT2D eigenvalue weighted by atomic mass is 79.9. The van der Waals surface area contributed by atoms with Crippen LogP contribution >= 0.6 is 39.1 Å². The summed E-state index contributed by atoms with van der Waals surface area (Å²) in [4.78, 5) is 10.1. The van der Waals surface area contributed by atoms with Crippen molar-refractivity contribution in [3.05, 3.63) is 40.9 Å². The highest BCUT2D eigenvalue weighted by Crippen LogP contribution is 2.67. The second-order valence-corrected chi connectivity index (χ2v) is 7.12. The van der Waals surface area contributed by atoms with Gasteiger partial charge < -0.3 is 5.11 Å². The van der Waals surface area contributed by atoms with Gasteiger partial charge in [0.25, 0.3) is 0 Å². The highest BCUT2D eigenvalue weighted by molar-refractivity contribution is 9.15. The molecule has 0 amide bonds. The third kappa shape index (κ3) is 2.32. The number of aliphatic carboxylic acids is 1. The van der Waals surface area contributed by atoms with E-state index in [9.17, 15) is 9.90 Å². The van der Waals surface area contributed by atoms with E-state index in [-0.39, 0.29) is 5.92 Å². The van der Waals surface area contributed by atoms with E-state index < -0.39 is 16.3 Å². The van der Waals surface area contributed by atoms with Crippen LogP contribution in [0.2, 0.25) is 5.02 Å². The molecule has 1 aliphatic rings. The molecule has 0 radical (unpaired) electrons. The average molecular weight is 364 g/mol. The molecule has 2 atom stereocenters. The lowest BCUT2D eigenvalue weighted by Crippen LogP contribution is -2.21. The minimum absolute atomic E-state index is 0.218. The van der Waals surface area contributed by atoms with Gasteiger partial charge in [-0.1, -0.05) is 59.6 Å². The number of hydrogen-bond donors (Lipinski definition) is 1. The van der Waals surface area contributed by atoms with Crippen molar-refractivity contribution < 1.29 is 9.90 Å². The lowest BCUT2D eigenvalue weighted by atomic mass is 10.1. The first kappa shape index (κ1) is 14.9. The molecule has 2 unspecified atom stereocenters. The van der Waals surface area contributed by atoms with E-state index in [0.29, 0.717) is 5.02 Å². The summed E-state index contributed by atoms with van der Waals surface area (Å²) in [5, 5.41) is 9.90. The number of benzene rings is 1. The van der Waals surface area contributed by atoms with Crippen LogP contribution in [-0.2, 0) is 4.79 Å². The van der Waals surface area contributed by atoms with Crippen molar-refractivity contribution in [2.45, 2.75) is 18.7 Å². The first-order valence-electron chi connectivity index (χ1n) is 5.77. The minimum Gasteiger partial charge on any atom is -0.480 e. The molecule has 2 rings (SSSR count). The van der Waals surface area contributed by atoms with Crippen molar-refractivity contribution in [2.75, 3.05) is 0 Å². The standard InChI is InChI=1S/C14H13BrCl2O2/c1-13(2)11(14(13,17)12(18)19)7-10(15)8-3-5-9(16)6-4-8/h3-7,11H,1-2H3,(H,18,19). The third-order valence-electron chi connectivity index (χ3n) is 3.80. The van der Waals surface area contributed by atoms with Gasteiger partial charge in [0.15, 0.2) is 4.87 Å². The number of alkyl halides is 1. The first-order valence-corrected chi connectivity index (χ1v) is 7.31. The Morgan fingerprint density at radius 2 is 1.89 bits per heavy atom. The van der Waals surface area contributed by atoms with Gasteiger partial charge in [-0.3, -0.25) is 4.79 Å². The zero-order chi connectivity index (χ0) is 14.4. The van der Waals surface area contributed by atoms with Crippen LogP contribution in [0.15, 0.2) is 30.3 Å². The Labute approximate surface area is 130 Å². The van der Waals surface area contributed by atoms with Crippen LogP contribution in [0.4, 0.5) is 0 Å².